The van der Waals surface area contributed by atoms with Crippen LogP contribution in [0.15, 0.2) is 48.5 Å². The normalized spacial score (nSPS) is 19.4. The molecule has 0 saturated heterocycles. The molecule has 0 bridgehead atoms. The summed E-state index contributed by atoms with van der Waals surface area (Å²) in [5.41, 5.74) is 4.12. The van der Waals surface area contributed by atoms with E-state index < -0.39 is 42.8 Å². The van der Waals surface area contributed by atoms with Crippen molar-refractivity contribution >= 4 is 18.0 Å². The summed E-state index contributed by atoms with van der Waals surface area (Å²) in [6.07, 6.45) is -4.23. The lowest BCUT2D eigenvalue weighted by atomic mass is 9.98. The predicted octanol–water partition coefficient (Wildman–Crippen LogP) is 3.39. The highest BCUT2D eigenvalue weighted by Crippen LogP contribution is 2.44. The third kappa shape index (κ3) is 5.13. The van der Waals surface area contributed by atoms with E-state index >= 15 is 0 Å². The van der Waals surface area contributed by atoms with Crippen LogP contribution in [0.1, 0.15) is 29.9 Å². The molecule has 2 aromatic rings. The number of hydrogen-bond acceptors (Lipinski definition) is 4. The maximum atomic E-state index is 13.0. The van der Waals surface area contributed by atoms with Crippen molar-refractivity contribution < 1.29 is 33.0 Å². The first kappa shape index (κ1) is 22.7. The molecule has 1 unspecified atom stereocenters. The number of alkyl halides is 2. The predicted molar refractivity (Wildman–Crippen MR) is 115 cm³/mol. The van der Waals surface area contributed by atoms with Gasteiger partial charge in [0.1, 0.15) is 12.6 Å². The maximum absolute atomic E-state index is 13.0. The average Bonchev–Trinajstić information content (AvgIpc) is 3.51. The van der Waals surface area contributed by atoms with Gasteiger partial charge in [0.05, 0.1) is 5.92 Å². The molecule has 0 spiro atoms. The Morgan fingerprint density at radius 3 is 2.18 bits per heavy atom. The molecular weight excluding hydrogens is 434 g/mol. The van der Waals surface area contributed by atoms with E-state index in [9.17, 15) is 23.2 Å². The number of carboxylic acids is 1. The van der Waals surface area contributed by atoms with Gasteiger partial charge in [0.2, 0.25) is 12.3 Å². The highest BCUT2D eigenvalue weighted by molar-refractivity contribution is 5.86. The minimum atomic E-state index is -2.82. The number of carbonyl (C=O) groups is 3. The molecule has 2 aromatic carbocycles. The minimum Gasteiger partial charge on any atom is -0.481 e. The molecule has 1 saturated carbocycles. The number of fused-ring (bicyclic) bond motifs is 3. The largest absolute Gasteiger partial charge is 0.481 e. The fourth-order valence-electron chi connectivity index (χ4n) is 4.32. The van der Waals surface area contributed by atoms with Crippen LogP contribution in [-0.2, 0) is 14.3 Å². The third-order valence-corrected chi connectivity index (χ3v) is 6.14. The SMILES string of the molecule is O=C(NC(CC(F)F)C(=O)NC[C@H]1C[C@H]1C(=O)O)OCC1c2ccccc2-c2ccccc21. The van der Waals surface area contributed by atoms with Crippen LogP contribution in [0.2, 0.25) is 0 Å². The number of benzene rings is 2. The number of ether oxygens (including phenoxy) is 1. The van der Waals surface area contributed by atoms with Crippen molar-refractivity contribution in [3.63, 3.8) is 0 Å². The van der Waals surface area contributed by atoms with Crippen LogP contribution >= 0.6 is 0 Å². The van der Waals surface area contributed by atoms with E-state index in [4.69, 9.17) is 9.84 Å². The molecule has 174 valence electrons. The van der Waals surface area contributed by atoms with E-state index in [1.807, 2.05) is 48.5 Å². The number of aliphatic carboxylic acids is 1. The number of halogens is 2. The van der Waals surface area contributed by atoms with Crippen LogP contribution < -0.4 is 10.6 Å². The molecule has 2 aliphatic carbocycles. The zero-order valence-electron chi connectivity index (χ0n) is 17.7. The van der Waals surface area contributed by atoms with Crippen molar-refractivity contribution in [3.8, 4) is 11.1 Å². The monoisotopic (exact) mass is 458 g/mol. The van der Waals surface area contributed by atoms with Crippen LogP contribution in [0.3, 0.4) is 0 Å². The van der Waals surface area contributed by atoms with Crippen molar-refractivity contribution in [1.29, 1.82) is 0 Å². The molecule has 0 heterocycles. The Labute approximate surface area is 189 Å². The molecule has 0 radical (unpaired) electrons. The van der Waals surface area contributed by atoms with Gasteiger partial charge in [0, 0.05) is 18.9 Å². The minimum absolute atomic E-state index is 0.00869. The second kappa shape index (κ2) is 9.56. The van der Waals surface area contributed by atoms with Crippen molar-refractivity contribution in [3.05, 3.63) is 59.7 Å². The standard InChI is InChI=1S/C24H24F2N2O5/c25-21(26)10-20(22(29)27-11-13-9-18(13)23(30)31)28-24(32)33-12-19-16-7-3-1-5-14(16)15-6-2-4-8-17(15)19/h1-8,13,18-21H,9-12H2,(H,27,29)(H,28,32)(H,30,31)/t13-,18-,20?/m1/s1. The maximum Gasteiger partial charge on any atom is 0.407 e. The molecule has 2 aliphatic rings. The van der Waals surface area contributed by atoms with Gasteiger partial charge in [-0.15, -0.1) is 0 Å². The van der Waals surface area contributed by atoms with Gasteiger partial charge in [0.25, 0.3) is 0 Å². The quantitative estimate of drug-likeness (QED) is 0.534. The molecular formula is C24H24F2N2O5. The van der Waals surface area contributed by atoms with E-state index in [1.54, 1.807) is 0 Å². The van der Waals surface area contributed by atoms with Gasteiger partial charge < -0.3 is 20.5 Å². The number of carbonyl (C=O) groups excluding carboxylic acids is 2. The Kier molecular flexibility index (Phi) is 6.57. The Hall–Kier alpha value is -3.49. The Balaban J connectivity index is 1.35. The zero-order valence-corrected chi connectivity index (χ0v) is 17.7. The van der Waals surface area contributed by atoms with Crippen molar-refractivity contribution in [1.82, 2.24) is 10.6 Å². The smallest absolute Gasteiger partial charge is 0.407 e. The molecule has 0 aliphatic heterocycles. The van der Waals surface area contributed by atoms with Crippen LogP contribution in [0.5, 0.6) is 0 Å². The topological polar surface area (TPSA) is 105 Å². The summed E-state index contributed by atoms with van der Waals surface area (Å²) < 4.78 is 31.3. The molecule has 3 atom stereocenters. The first-order valence-electron chi connectivity index (χ1n) is 10.7. The fraction of sp³-hybridized carbons (Fsp3) is 0.375. The summed E-state index contributed by atoms with van der Waals surface area (Å²) in [6.45, 7) is 0.0488. The highest BCUT2D eigenvalue weighted by atomic mass is 19.3. The number of rotatable bonds is 9. The molecule has 2 amide bonds. The van der Waals surface area contributed by atoms with Crippen molar-refractivity contribution in [2.45, 2.75) is 31.2 Å². The van der Waals surface area contributed by atoms with E-state index in [-0.39, 0.29) is 25.0 Å². The first-order valence-corrected chi connectivity index (χ1v) is 10.7. The summed E-state index contributed by atoms with van der Waals surface area (Å²) in [5.74, 6) is -2.70. The van der Waals surface area contributed by atoms with Crippen LogP contribution in [0.4, 0.5) is 13.6 Å². The zero-order chi connectivity index (χ0) is 23.5. The molecule has 1 fully saturated rings. The Morgan fingerprint density at radius 1 is 1.03 bits per heavy atom. The lowest BCUT2D eigenvalue weighted by Gasteiger charge is -2.19. The van der Waals surface area contributed by atoms with Crippen molar-refractivity contribution in [2.24, 2.45) is 11.8 Å². The van der Waals surface area contributed by atoms with Gasteiger partial charge in [-0.2, -0.15) is 0 Å². The van der Waals surface area contributed by atoms with Gasteiger partial charge in [-0.1, -0.05) is 48.5 Å². The summed E-state index contributed by atoms with van der Waals surface area (Å²) in [5, 5.41) is 13.6. The molecule has 4 rings (SSSR count). The Bertz CT molecular complexity index is 1020. The van der Waals surface area contributed by atoms with Gasteiger partial charge in [0.15, 0.2) is 0 Å². The van der Waals surface area contributed by atoms with E-state index in [0.717, 1.165) is 22.3 Å². The average molecular weight is 458 g/mol. The van der Waals surface area contributed by atoms with Gasteiger partial charge in [-0.25, -0.2) is 13.6 Å². The number of nitrogens with one attached hydrogen (secondary N) is 2. The molecule has 9 heteroatoms. The second-order valence-electron chi connectivity index (χ2n) is 8.33. The third-order valence-electron chi connectivity index (χ3n) is 6.14. The summed E-state index contributed by atoms with van der Waals surface area (Å²) in [4.78, 5) is 35.6. The fourth-order valence-corrected chi connectivity index (χ4v) is 4.32. The van der Waals surface area contributed by atoms with Gasteiger partial charge in [-0.3, -0.25) is 9.59 Å². The lowest BCUT2D eigenvalue weighted by molar-refractivity contribution is -0.139. The van der Waals surface area contributed by atoms with E-state index in [2.05, 4.69) is 10.6 Å². The van der Waals surface area contributed by atoms with Gasteiger partial charge >= 0.3 is 12.1 Å². The molecule has 3 N–H and O–H groups in total. The highest BCUT2D eigenvalue weighted by Gasteiger charge is 2.43. The molecule has 33 heavy (non-hydrogen) atoms. The van der Waals surface area contributed by atoms with Crippen LogP contribution in [0.25, 0.3) is 11.1 Å². The Morgan fingerprint density at radius 2 is 1.64 bits per heavy atom. The lowest BCUT2D eigenvalue weighted by Crippen LogP contribution is -2.48. The molecule has 7 nitrogen and oxygen atoms in total. The van der Waals surface area contributed by atoms with Crippen molar-refractivity contribution in [2.75, 3.05) is 13.2 Å². The van der Waals surface area contributed by atoms with E-state index in [0.29, 0.717) is 6.42 Å². The second-order valence-corrected chi connectivity index (χ2v) is 8.33. The molecule has 0 aromatic heterocycles. The first-order chi connectivity index (χ1) is 15.8. The summed E-state index contributed by atoms with van der Waals surface area (Å²) >= 11 is 0. The summed E-state index contributed by atoms with van der Waals surface area (Å²) in [6, 6.07) is 14.1. The number of carboxylic acid groups (broad SMARTS) is 1. The van der Waals surface area contributed by atoms with Crippen LogP contribution in [0, 0.1) is 11.8 Å². The van der Waals surface area contributed by atoms with Crippen LogP contribution in [-0.4, -0.2) is 48.7 Å². The van der Waals surface area contributed by atoms with E-state index in [1.165, 1.54) is 0 Å². The van der Waals surface area contributed by atoms with Gasteiger partial charge in [-0.05, 0) is 34.6 Å². The summed E-state index contributed by atoms with van der Waals surface area (Å²) in [7, 11) is 0. The number of hydrogen-bond donors (Lipinski definition) is 3. The number of alkyl carbamates (subject to hydrolysis) is 1. The number of amides is 2.